The number of nitrogens with zero attached hydrogens (tertiary/aromatic N) is 1. The standard InChI is InChI=1S/C19H27NO7Si/c1-7-25-19(23)26-18(22)17(20-13(2)12-16(21)24-3)14-8-10-15(11-9-14)27-28(4,5)6/h8-11,17H,7,12H2,1-6H3. The number of hydrogen-bond donors (Lipinski definition) is 0. The van der Waals surface area contributed by atoms with Crippen LogP contribution in [0.4, 0.5) is 4.79 Å². The fourth-order valence-corrected chi connectivity index (χ4v) is 3.01. The van der Waals surface area contributed by atoms with E-state index in [0.29, 0.717) is 17.0 Å². The molecule has 0 radical (unpaired) electrons. The molecule has 0 aromatic heterocycles. The normalized spacial score (nSPS) is 12.7. The minimum absolute atomic E-state index is 0.0736. The topological polar surface area (TPSA) is 100 Å². The van der Waals surface area contributed by atoms with Crippen LogP contribution in [-0.2, 0) is 23.8 Å². The van der Waals surface area contributed by atoms with Crippen LogP contribution in [0.1, 0.15) is 31.9 Å². The van der Waals surface area contributed by atoms with Gasteiger partial charge in [0.05, 0.1) is 20.1 Å². The molecule has 0 fully saturated rings. The van der Waals surface area contributed by atoms with Crippen LogP contribution in [0, 0.1) is 0 Å². The molecule has 1 unspecified atom stereocenters. The maximum atomic E-state index is 12.5. The van der Waals surface area contributed by atoms with E-state index in [1.165, 1.54) is 7.11 Å². The van der Waals surface area contributed by atoms with E-state index in [-0.39, 0.29) is 13.0 Å². The summed E-state index contributed by atoms with van der Waals surface area (Å²) in [6.07, 6.45) is -1.19. The quantitative estimate of drug-likeness (QED) is 0.279. The number of carbonyl (C=O) groups excluding carboxylic acids is 3. The Morgan fingerprint density at radius 2 is 1.71 bits per heavy atom. The van der Waals surface area contributed by atoms with Crippen LogP contribution in [0.15, 0.2) is 29.3 Å². The lowest BCUT2D eigenvalue weighted by atomic mass is 10.1. The Balaban J connectivity index is 3.12. The van der Waals surface area contributed by atoms with Gasteiger partial charge in [-0.1, -0.05) is 12.1 Å². The summed E-state index contributed by atoms with van der Waals surface area (Å²) in [7, 11) is -0.513. The highest BCUT2D eigenvalue weighted by atomic mass is 28.4. The molecule has 0 amide bonds. The molecule has 0 aliphatic carbocycles. The van der Waals surface area contributed by atoms with Crippen LogP contribution in [-0.4, -0.2) is 45.8 Å². The molecule has 1 aromatic rings. The van der Waals surface area contributed by atoms with Gasteiger partial charge in [0.25, 0.3) is 0 Å². The van der Waals surface area contributed by atoms with Gasteiger partial charge in [0.15, 0.2) is 6.04 Å². The zero-order valence-corrected chi connectivity index (χ0v) is 18.1. The molecule has 0 heterocycles. The Hall–Kier alpha value is -2.68. The molecule has 0 bridgehead atoms. The minimum Gasteiger partial charge on any atom is -0.544 e. The summed E-state index contributed by atoms with van der Waals surface area (Å²) < 4.78 is 19.8. The molecular weight excluding hydrogens is 382 g/mol. The number of benzene rings is 1. The molecule has 0 saturated heterocycles. The largest absolute Gasteiger partial charge is 0.544 e. The summed E-state index contributed by atoms with van der Waals surface area (Å²) in [4.78, 5) is 39.7. The Morgan fingerprint density at radius 1 is 1.11 bits per heavy atom. The molecule has 1 aromatic carbocycles. The Labute approximate surface area is 166 Å². The van der Waals surface area contributed by atoms with Gasteiger partial charge >= 0.3 is 18.1 Å². The number of ether oxygens (including phenoxy) is 3. The van der Waals surface area contributed by atoms with Crippen LogP contribution in [0.3, 0.4) is 0 Å². The van der Waals surface area contributed by atoms with E-state index in [1.54, 1.807) is 38.1 Å². The van der Waals surface area contributed by atoms with Crippen LogP contribution in [0.25, 0.3) is 0 Å². The third kappa shape index (κ3) is 8.34. The first-order valence-corrected chi connectivity index (χ1v) is 12.2. The Morgan fingerprint density at radius 3 is 2.21 bits per heavy atom. The SMILES string of the molecule is CCOC(=O)OC(=O)C(N=C(C)CC(=O)OC)c1ccc(O[Si](C)(C)C)cc1. The van der Waals surface area contributed by atoms with Crippen molar-refractivity contribution in [2.24, 2.45) is 4.99 Å². The average molecular weight is 410 g/mol. The van der Waals surface area contributed by atoms with Gasteiger partial charge in [0.2, 0.25) is 8.32 Å². The van der Waals surface area contributed by atoms with Crippen molar-refractivity contribution in [3.8, 4) is 5.75 Å². The lowest BCUT2D eigenvalue weighted by Gasteiger charge is -2.20. The van der Waals surface area contributed by atoms with Crippen LogP contribution >= 0.6 is 0 Å². The van der Waals surface area contributed by atoms with Gasteiger partial charge in [0.1, 0.15) is 5.75 Å². The van der Waals surface area contributed by atoms with Crippen LogP contribution in [0.5, 0.6) is 5.75 Å². The van der Waals surface area contributed by atoms with Crippen molar-refractivity contribution in [2.45, 2.75) is 46.0 Å². The predicted octanol–water partition coefficient (Wildman–Crippen LogP) is 3.67. The molecular formula is C19H27NO7Si. The maximum absolute atomic E-state index is 12.5. The minimum atomic E-state index is -1.78. The maximum Gasteiger partial charge on any atom is 0.516 e. The molecule has 1 rings (SSSR count). The first-order valence-electron chi connectivity index (χ1n) is 8.83. The number of methoxy groups -OCH3 is 1. The van der Waals surface area contributed by atoms with Crippen molar-refractivity contribution in [1.82, 2.24) is 0 Å². The van der Waals surface area contributed by atoms with Gasteiger partial charge in [0, 0.05) is 5.71 Å². The number of aliphatic imine (C=N–C) groups is 1. The molecule has 0 saturated carbocycles. The van der Waals surface area contributed by atoms with Crippen molar-refractivity contribution >= 4 is 32.1 Å². The number of carbonyl (C=O) groups is 3. The molecule has 0 spiro atoms. The van der Waals surface area contributed by atoms with E-state index >= 15 is 0 Å². The predicted molar refractivity (Wildman–Crippen MR) is 106 cm³/mol. The number of hydrogen-bond acceptors (Lipinski definition) is 8. The number of esters is 2. The summed E-state index contributed by atoms with van der Waals surface area (Å²) in [6, 6.07) is 5.66. The molecule has 154 valence electrons. The summed E-state index contributed by atoms with van der Waals surface area (Å²) in [5.74, 6) is -0.713. The zero-order chi connectivity index (χ0) is 21.3. The van der Waals surface area contributed by atoms with Crippen molar-refractivity contribution in [1.29, 1.82) is 0 Å². The zero-order valence-electron chi connectivity index (χ0n) is 17.1. The highest BCUT2D eigenvalue weighted by molar-refractivity contribution is 6.70. The van der Waals surface area contributed by atoms with Gasteiger partial charge in [-0.25, -0.2) is 9.59 Å². The fraction of sp³-hybridized carbons (Fsp3) is 0.474. The highest BCUT2D eigenvalue weighted by Crippen LogP contribution is 2.24. The lowest BCUT2D eigenvalue weighted by Crippen LogP contribution is -2.29. The fourth-order valence-electron chi connectivity index (χ4n) is 2.17. The van der Waals surface area contributed by atoms with Crippen molar-refractivity contribution in [3.05, 3.63) is 29.8 Å². The van der Waals surface area contributed by atoms with Crippen molar-refractivity contribution in [2.75, 3.05) is 13.7 Å². The second kappa shape index (κ2) is 10.6. The molecule has 1 atom stereocenters. The lowest BCUT2D eigenvalue weighted by molar-refractivity contribution is -0.142. The first kappa shape index (κ1) is 23.4. The summed E-state index contributed by atoms with van der Waals surface area (Å²) in [5, 5.41) is 0. The van der Waals surface area contributed by atoms with Gasteiger partial charge in [-0.05, 0) is 51.2 Å². The summed E-state index contributed by atoms with van der Waals surface area (Å²) >= 11 is 0. The second-order valence-corrected chi connectivity index (χ2v) is 11.3. The monoisotopic (exact) mass is 409 g/mol. The van der Waals surface area contributed by atoms with E-state index in [0.717, 1.165) is 0 Å². The van der Waals surface area contributed by atoms with Crippen LogP contribution in [0.2, 0.25) is 19.6 Å². The molecule has 28 heavy (non-hydrogen) atoms. The van der Waals surface area contributed by atoms with E-state index in [4.69, 9.17) is 9.16 Å². The van der Waals surface area contributed by atoms with Gasteiger partial charge in [-0.2, -0.15) is 0 Å². The number of rotatable bonds is 8. The molecule has 8 nitrogen and oxygen atoms in total. The smallest absolute Gasteiger partial charge is 0.516 e. The van der Waals surface area contributed by atoms with E-state index < -0.39 is 32.5 Å². The first-order chi connectivity index (χ1) is 13.1. The van der Waals surface area contributed by atoms with E-state index in [9.17, 15) is 14.4 Å². The highest BCUT2D eigenvalue weighted by Gasteiger charge is 2.26. The van der Waals surface area contributed by atoms with Gasteiger partial charge < -0.3 is 18.6 Å². The third-order valence-corrected chi connectivity index (χ3v) is 4.11. The van der Waals surface area contributed by atoms with Crippen molar-refractivity contribution < 1.29 is 33.0 Å². The van der Waals surface area contributed by atoms with E-state index in [1.807, 2.05) is 0 Å². The van der Waals surface area contributed by atoms with Gasteiger partial charge in [-0.15, -0.1) is 0 Å². The van der Waals surface area contributed by atoms with Crippen molar-refractivity contribution in [3.63, 3.8) is 0 Å². The average Bonchev–Trinajstić information content (AvgIpc) is 2.59. The summed E-state index contributed by atoms with van der Waals surface area (Å²) in [5.41, 5.74) is 0.849. The molecule has 0 aliphatic rings. The molecule has 9 heteroatoms. The van der Waals surface area contributed by atoms with Crippen LogP contribution < -0.4 is 4.43 Å². The summed E-state index contributed by atoms with van der Waals surface area (Å²) in [6.45, 7) is 9.43. The Kier molecular flexibility index (Phi) is 8.84. The molecule has 0 aliphatic heterocycles. The third-order valence-electron chi connectivity index (χ3n) is 3.27. The second-order valence-electron chi connectivity index (χ2n) is 6.91. The van der Waals surface area contributed by atoms with E-state index in [2.05, 4.69) is 34.1 Å². The van der Waals surface area contributed by atoms with Gasteiger partial charge in [-0.3, -0.25) is 9.79 Å². The molecule has 0 N–H and O–H groups in total. The Bertz CT molecular complexity index is 723.